The molecule has 2 atom stereocenters. The number of unbranched alkanes of at least 4 members (excludes halogenated alkanes) is 5. The van der Waals surface area contributed by atoms with Crippen LogP contribution in [0.25, 0.3) is 0 Å². The standard InChI is InChI=1S/C25H40FNO3Si/c1-7-8-9-10-11-12-17-21(26)22(18-30-31(5,6)25(2,3)4)27-23(28)19-15-13-14-16-20(19)24(27)29/h13-16,21-22H,7-12,17-18H2,1-6H3/t21-,22+/m1/s1. The number of halogens is 1. The molecule has 4 nitrogen and oxygen atoms in total. The van der Waals surface area contributed by atoms with Crippen LogP contribution >= 0.6 is 0 Å². The summed E-state index contributed by atoms with van der Waals surface area (Å²) in [6.07, 6.45) is 5.42. The Morgan fingerprint density at radius 2 is 1.48 bits per heavy atom. The maximum absolute atomic E-state index is 15.5. The van der Waals surface area contributed by atoms with Gasteiger partial charge in [-0.3, -0.25) is 14.5 Å². The van der Waals surface area contributed by atoms with Gasteiger partial charge in [-0.1, -0.05) is 78.4 Å². The van der Waals surface area contributed by atoms with E-state index in [1.165, 1.54) is 19.3 Å². The van der Waals surface area contributed by atoms with Crippen molar-refractivity contribution in [1.82, 2.24) is 4.90 Å². The van der Waals surface area contributed by atoms with Gasteiger partial charge in [0.15, 0.2) is 8.32 Å². The topological polar surface area (TPSA) is 46.6 Å². The zero-order valence-corrected chi connectivity index (χ0v) is 21.2. The molecule has 1 aromatic rings. The largest absolute Gasteiger partial charge is 0.415 e. The molecular weight excluding hydrogens is 409 g/mol. The number of nitrogens with zero attached hydrogens (tertiary/aromatic N) is 1. The Balaban J connectivity index is 2.15. The van der Waals surface area contributed by atoms with Gasteiger partial charge in [-0.25, -0.2) is 4.39 Å². The van der Waals surface area contributed by atoms with Crippen LogP contribution in [-0.2, 0) is 4.43 Å². The molecule has 2 amide bonds. The second kappa shape index (κ2) is 10.9. The number of hydrogen-bond acceptors (Lipinski definition) is 3. The predicted octanol–water partition coefficient (Wildman–Crippen LogP) is 6.76. The van der Waals surface area contributed by atoms with Gasteiger partial charge in [0.05, 0.1) is 23.8 Å². The fourth-order valence-corrected chi connectivity index (χ4v) is 4.69. The number of fused-ring (bicyclic) bond motifs is 1. The van der Waals surface area contributed by atoms with Gasteiger partial charge in [0.2, 0.25) is 0 Å². The summed E-state index contributed by atoms with van der Waals surface area (Å²) < 4.78 is 21.8. The van der Waals surface area contributed by atoms with Crippen molar-refractivity contribution >= 4 is 20.1 Å². The van der Waals surface area contributed by atoms with Crippen molar-refractivity contribution in [3.8, 4) is 0 Å². The molecule has 2 rings (SSSR count). The Hall–Kier alpha value is -1.53. The minimum atomic E-state index is -2.16. The molecule has 0 spiro atoms. The lowest BCUT2D eigenvalue weighted by Gasteiger charge is -2.39. The van der Waals surface area contributed by atoms with E-state index in [0.29, 0.717) is 17.5 Å². The van der Waals surface area contributed by atoms with Crippen molar-refractivity contribution in [3.63, 3.8) is 0 Å². The number of carbonyl (C=O) groups is 2. The lowest BCUT2D eigenvalue weighted by Crippen LogP contribution is -2.51. The summed E-state index contributed by atoms with van der Waals surface area (Å²) in [6, 6.07) is 5.86. The van der Waals surface area contributed by atoms with Crippen molar-refractivity contribution in [2.45, 2.75) is 103 Å². The van der Waals surface area contributed by atoms with Gasteiger partial charge in [0.1, 0.15) is 6.17 Å². The molecule has 0 saturated heterocycles. The molecule has 0 unspecified atom stereocenters. The smallest absolute Gasteiger partial charge is 0.261 e. The van der Waals surface area contributed by atoms with Gasteiger partial charge < -0.3 is 4.43 Å². The van der Waals surface area contributed by atoms with Crippen molar-refractivity contribution in [2.75, 3.05) is 6.61 Å². The Kier molecular flexibility index (Phi) is 9.01. The lowest BCUT2D eigenvalue weighted by molar-refractivity contribution is 0.0370. The number of imide groups is 1. The maximum Gasteiger partial charge on any atom is 0.261 e. The number of alkyl halides is 1. The maximum atomic E-state index is 15.5. The molecule has 0 bridgehead atoms. The van der Waals surface area contributed by atoms with E-state index < -0.39 is 32.3 Å². The molecule has 0 N–H and O–H groups in total. The van der Waals surface area contributed by atoms with Crippen LogP contribution in [0, 0.1) is 0 Å². The van der Waals surface area contributed by atoms with E-state index in [9.17, 15) is 9.59 Å². The SMILES string of the molecule is CCCCCCCC[C@@H](F)[C@H](CO[Si](C)(C)C(C)(C)C)N1C(=O)c2ccccc2C1=O. The molecule has 1 heterocycles. The first-order valence-electron chi connectivity index (χ1n) is 11.8. The van der Waals surface area contributed by atoms with Gasteiger partial charge in [0.25, 0.3) is 11.8 Å². The second-order valence-corrected chi connectivity index (χ2v) is 15.0. The average molecular weight is 450 g/mol. The normalized spacial score (nSPS) is 16.5. The van der Waals surface area contributed by atoms with Crippen molar-refractivity contribution in [3.05, 3.63) is 35.4 Å². The minimum Gasteiger partial charge on any atom is -0.415 e. The molecule has 6 heteroatoms. The third-order valence-corrected chi connectivity index (χ3v) is 11.3. The highest BCUT2D eigenvalue weighted by atomic mass is 28.4. The van der Waals surface area contributed by atoms with E-state index in [0.717, 1.165) is 24.2 Å². The van der Waals surface area contributed by atoms with Crippen LogP contribution in [0.5, 0.6) is 0 Å². The van der Waals surface area contributed by atoms with Gasteiger partial charge >= 0.3 is 0 Å². The number of carbonyl (C=O) groups excluding carboxylic acids is 2. The number of hydrogen-bond donors (Lipinski definition) is 0. The fourth-order valence-electron chi connectivity index (χ4n) is 3.67. The van der Waals surface area contributed by atoms with Gasteiger partial charge in [-0.2, -0.15) is 0 Å². The first-order chi connectivity index (χ1) is 14.5. The summed E-state index contributed by atoms with van der Waals surface area (Å²) in [4.78, 5) is 27.2. The Bertz CT molecular complexity index is 724. The van der Waals surface area contributed by atoms with Gasteiger partial charge in [0, 0.05) is 0 Å². The summed E-state index contributed by atoms with van der Waals surface area (Å²) in [6.45, 7) is 12.8. The molecule has 1 aliphatic heterocycles. The first kappa shape index (κ1) is 25.7. The molecule has 1 aromatic carbocycles. The Morgan fingerprint density at radius 1 is 0.968 bits per heavy atom. The Labute approximate surface area is 188 Å². The summed E-state index contributed by atoms with van der Waals surface area (Å²) >= 11 is 0. The summed E-state index contributed by atoms with van der Waals surface area (Å²) in [5.41, 5.74) is 0.716. The van der Waals surface area contributed by atoms with E-state index in [1.807, 2.05) is 0 Å². The Morgan fingerprint density at radius 3 is 2.00 bits per heavy atom. The van der Waals surface area contributed by atoms with Crippen LogP contribution < -0.4 is 0 Å². The third-order valence-electron chi connectivity index (χ3n) is 6.83. The molecule has 0 saturated carbocycles. The monoisotopic (exact) mass is 449 g/mol. The first-order valence-corrected chi connectivity index (χ1v) is 14.7. The summed E-state index contributed by atoms with van der Waals surface area (Å²) in [5.74, 6) is -0.815. The van der Waals surface area contributed by atoms with E-state index in [2.05, 4.69) is 40.8 Å². The van der Waals surface area contributed by atoms with Crippen LogP contribution in [0.15, 0.2) is 24.3 Å². The molecule has 0 fully saturated rings. The van der Waals surface area contributed by atoms with Crippen LogP contribution in [0.2, 0.25) is 18.1 Å². The molecule has 0 aliphatic carbocycles. The number of rotatable bonds is 12. The molecular formula is C25H40FNO3Si. The highest BCUT2D eigenvalue weighted by Gasteiger charge is 2.45. The molecule has 0 aromatic heterocycles. The molecule has 0 radical (unpaired) electrons. The van der Waals surface area contributed by atoms with E-state index >= 15 is 4.39 Å². The van der Waals surface area contributed by atoms with Crippen LogP contribution in [0.4, 0.5) is 4.39 Å². The quantitative estimate of drug-likeness (QED) is 0.201. The second-order valence-electron chi connectivity index (χ2n) is 10.2. The van der Waals surface area contributed by atoms with Crippen molar-refractivity contribution in [2.24, 2.45) is 0 Å². The van der Waals surface area contributed by atoms with Gasteiger partial charge in [-0.15, -0.1) is 0 Å². The highest BCUT2D eigenvalue weighted by molar-refractivity contribution is 6.74. The highest BCUT2D eigenvalue weighted by Crippen LogP contribution is 2.37. The number of amides is 2. The zero-order valence-electron chi connectivity index (χ0n) is 20.2. The van der Waals surface area contributed by atoms with Crippen molar-refractivity contribution < 1.29 is 18.4 Å². The molecule has 1 aliphatic rings. The lowest BCUT2D eigenvalue weighted by atomic mass is 10.0. The zero-order chi connectivity index (χ0) is 23.2. The number of benzene rings is 1. The fraction of sp³-hybridized carbons (Fsp3) is 0.680. The minimum absolute atomic E-state index is 0.0371. The van der Waals surface area contributed by atoms with Crippen LogP contribution in [0.3, 0.4) is 0 Å². The van der Waals surface area contributed by atoms with Crippen molar-refractivity contribution in [1.29, 1.82) is 0 Å². The van der Waals surface area contributed by atoms with E-state index in [-0.39, 0.29) is 11.6 Å². The van der Waals surface area contributed by atoms with Gasteiger partial charge in [-0.05, 0) is 36.7 Å². The summed E-state index contributed by atoms with van der Waals surface area (Å²) in [5, 5.41) is -0.0371. The average Bonchev–Trinajstić information content (AvgIpc) is 2.95. The molecule has 31 heavy (non-hydrogen) atoms. The van der Waals surface area contributed by atoms with Crippen LogP contribution in [-0.4, -0.2) is 43.9 Å². The predicted molar refractivity (Wildman–Crippen MR) is 127 cm³/mol. The third kappa shape index (κ3) is 6.25. The van der Waals surface area contributed by atoms with E-state index in [4.69, 9.17) is 4.43 Å². The molecule has 174 valence electrons. The van der Waals surface area contributed by atoms with Crippen LogP contribution in [0.1, 0.15) is 93.4 Å². The van der Waals surface area contributed by atoms with E-state index in [1.54, 1.807) is 24.3 Å². The summed E-state index contributed by atoms with van der Waals surface area (Å²) in [7, 11) is -2.16.